The number of halogens is 1. The molecular formula is C10H9BrN2O2. The topological polar surface area (TPSA) is 51.0 Å². The van der Waals surface area contributed by atoms with Crippen LogP contribution in [0.4, 0.5) is 0 Å². The summed E-state index contributed by atoms with van der Waals surface area (Å²) in [5.41, 5.74) is -0.479. The molecule has 0 aromatic heterocycles. The number of hydrogen-bond donors (Lipinski definition) is 0. The van der Waals surface area contributed by atoms with Gasteiger partial charge in [-0.15, -0.1) is 0 Å². The first-order valence-electron chi connectivity index (χ1n) is 4.55. The van der Waals surface area contributed by atoms with Gasteiger partial charge in [0.05, 0.1) is 12.3 Å². The minimum Gasteiger partial charge on any atom is -0.464 e. The van der Waals surface area contributed by atoms with Gasteiger partial charge >= 0.3 is 5.97 Å². The molecule has 0 radical (unpaired) electrons. The van der Waals surface area contributed by atoms with Crippen LogP contribution in [0.1, 0.15) is 6.92 Å². The molecule has 15 heavy (non-hydrogen) atoms. The SMILES string of the molecule is CCOC(=O)C12C=CC=C(Br)C1=NC=N2. The van der Waals surface area contributed by atoms with E-state index in [0.717, 1.165) is 4.48 Å². The van der Waals surface area contributed by atoms with Crippen molar-refractivity contribution in [3.05, 3.63) is 22.7 Å². The third-order valence-corrected chi connectivity index (χ3v) is 2.84. The molecule has 0 N–H and O–H groups in total. The van der Waals surface area contributed by atoms with Gasteiger partial charge in [0.2, 0.25) is 5.54 Å². The Kier molecular flexibility index (Phi) is 2.56. The molecule has 1 aliphatic carbocycles. The lowest BCUT2D eigenvalue weighted by Gasteiger charge is -2.24. The van der Waals surface area contributed by atoms with Crippen LogP contribution in [0.15, 0.2) is 32.7 Å². The highest BCUT2D eigenvalue weighted by molar-refractivity contribution is 9.12. The first-order chi connectivity index (χ1) is 7.20. The second kappa shape index (κ2) is 3.73. The van der Waals surface area contributed by atoms with Gasteiger partial charge in [-0.2, -0.15) is 0 Å². The molecule has 78 valence electrons. The van der Waals surface area contributed by atoms with Crippen molar-refractivity contribution >= 4 is 33.9 Å². The third kappa shape index (κ3) is 1.47. The Labute approximate surface area is 95.6 Å². The van der Waals surface area contributed by atoms with Gasteiger partial charge in [-0.1, -0.05) is 6.08 Å². The molecule has 4 nitrogen and oxygen atoms in total. The van der Waals surface area contributed by atoms with E-state index in [1.807, 2.05) is 6.08 Å². The molecule has 0 bridgehead atoms. The van der Waals surface area contributed by atoms with Crippen LogP contribution < -0.4 is 0 Å². The summed E-state index contributed by atoms with van der Waals surface area (Å²) in [6, 6.07) is 0. The number of carbonyl (C=O) groups excluding carboxylic acids is 1. The molecule has 1 unspecified atom stereocenters. The maximum Gasteiger partial charge on any atom is 0.344 e. The number of aliphatic imine (C=N–C) groups is 2. The highest BCUT2D eigenvalue weighted by Gasteiger charge is 2.46. The van der Waals surface area contributed by atoms with Crippen LogP contribution in [0, 0.1) is 0 Å². The Morgan fingerprint density at radius 3 is 3.20 bits per heavy atom. The van der Waals surface area contributed by atoms with Gasteiger partial charge in [0, 0.05) is 4.48 Å². The Morgan fingerprint density at radius 2 is 2.47 bits per heavy atom. The first kappa shape index (κ1) is 10.3. The van der Waals surface area contributed by atoms with Crippen molar-refractivity contribution in [1.82, 2.24) is 0 Å². The van der Waals surface area contributed by atoms with E-state index in [4.69, 9.17) is 4.74 Å². The standard InChI is InChI=1S/C10H9BrN2O2/c1-2-15-9(14)10-5-3-4-7(11)8(10)12-6-13-10/h3-6H,2H2,1H3. The van der Waals surface area contributed by atoms with Gasteiger partial charge in [0.15, 0.2) is 0 Å². The number of carbonyl (C=O) groups is 1. The average molecular weight is 269 g/mol. The van der Waals surface area contributed by atoms with E-state index in [1.54, 1.807) is 19.1 Å². The molecule has 1 aliphatic heterocycles. The summed E-state index contributed by atoms with van der Waals surface area (Å²) < 4.78 is 5.76. The second-order valence-corrected chi connectivity index (χ2v) is 3.94. The van der Waals surface area contributed by atoms with E-state index in [9.17, 15) is 4.79 Å². The van der Waals surface area contributed by atoms with Crippen molar-refractivity contribution < 1.29 is 9.53 Å². The van der Waals surface area contributed by atoms with Crippen LogP contribution in [0.25, 0.3) is 0 Å². The van der Waals surface area contributed by atoms with Crippen molar-refractivity contribution in [2.75, 3.05) is 6.61 Å². The van der Waals surface area contributed by atoms with Crippen LogP contribution in [-0.4, -0.2) is 30.2 Å². The summed E-state index contributed by atoms with van der Waals surface area (Å²) in [6.07, 6.45) is 6.67. The van der Waals surface area contributed by atoms with E-state index in [-0.39, 0.29) is 5.97 Å². The highest BCUT2D eigenvalue weighted by atomic mass is 79.9. The van der Waals surface area contributed by atoms with E-state index in [2.05, 4.69) is 25.9 Å². The molecule has 0 aromatic rings. The monoisotopic (exact) mass is 268 g/mol. The number of nitrogens with zero attached hydrogens (tertiary/aromatic N) is 2. The molecule has 0 saturated heterocycles. The smallest absolute Gasteiger partial charge is 0.344 e. The van der Waals surface area contributed by atoms with E-state index in [1.165, 1.54) is 6.34 Å². The first-order valence-corrected chi connectivity index (χ1v) is 5.34. The minimum absolute atomic E-state index is 0.332. The lowest BCUT2D eigenvalue weighted by molar-refractivity contribution is -0.145. The van der Waals surface area contributed by atoms with Crippen LogP contribution >= 0.6 is 15.9 Å². The Hall–Kier alpha value is -1.23. The summed E-state index contributed by atoms with van der Waals surface area (Å²) in [4.78, 5) is 20.0. The molecule has 5 heteroatoms. The maximum absolute atomic E-state index is 11.8. The van der Waals surface area contributed by atoms with Crippen molar-refractivity contribution in [1.29, 1.82) is 0 Å². The number of fused-ring (bicyclic) bond motifs is 1. The lowest BCUT2D eigenvalue weighted by atomic mass is 9.90. The van der Waals surface area contributed by atoms with Crippen LogP contribution in [0.2, 0.25) is 0 Å². The average Bonchev–Trinajstić information content (AvgIpc) is 2.64. The molecule has 0 spiro atoms. The Bertz CT molecular complexity index is 423. The Balaban J connectivity index is 2.40. The van der Waals surface area contributed by atoms with E-state index >= 15 is 0 Å². The molecule has 2 rings (SSSR count). The predicted molar refractivity (Wildman–Crippen MR) is 61.4 cm³/mol. The largest absolute Gasteiger partial charge is 0.464 e. The van der Waals surface area contributed by atoms with Gasteiger partial charge in [0.1, 0.15) is 6.34 Å². The zero-order valence-corrected chi connectivity index (χ0v) is 9.69. The number of hydrogen-bond acceptors (Lipinski definition) is 4. The molecular weight excluding hydrogens is 260 g/mol. The summed E-state index contributed by atoms with van der Waals surface area (Å²) in [5, 5.41) is 0. The summed E-state index contributed by atoms with van der Waals surface area (Å²) in [5.74, 6) is -0.390. The van der Waals surface area contributed by atoms with Crippen LogP contribution in [0.3, 0.4) is 0 Å². The number of rotatable bonds is 2. The molecule has 1 heterocycles. The summed E-state index contributed by atoms with van der Waals surface area (Å²) >= 11 is 3.34. The van der Waals surface area contributed by atoms with E-state index < -0.39 is 5.54 Å². The zero-order chi connectivity index (χ0) is 10.9. The van der Waals surface area contributed by atoms with Crippen molar-refractivity contribution in [2.45, 2.75) is 12.5 Å². The lowest BCUT2D eigenvalue weighted by Crippen LogP contribution is -2.43. The van der Waals surface area contributed by atoms with Gasteiger partial charge < -0.3 is 4.74 Å². The van der Waals surface area contributed by atoms with Gasteiger partial charge in [0.25, 0.3) is 0 Å². The quantitative estimate of drug-likeness (QED) is 0.715. The fraction of sp³-hybridized carbons (Fsp3) is 0.300. The molecule has 0 saturated carbocycles. The third-order valence-electron chi connectivity index (χ3n) is 2.20. The zero-order valence-electron chi connectivity index (χ0n) is 8.11. The minimum atomic E-state index is -1.07. The molecule has 0 fully saturated rings. The van der Waals surface area contributed by atoms with Gasteiger partial charge in [-0.05, 0) is 35.0 Å². The van der Waals surface area contributed by atoms with E-state index in [0.29, 0.717) is 12.3 Å². The predicted octanol–water partition coefficient (Wildman–Crippen LogP) is 1.62. The normalized spacial score (nSPS) is 27.1. The second-order valence-electron chi connectivity index (χ2n) is 3.08. The number of allylic oxidation sites excluding steroid dienone is 2. The van der Waals surface area contributed by atoms with Crippen molar-refractivity contribution in [2.24, 2.45) is 9.98 Å². The fourth-order valence-corrected chi connectivity index (χ4v) is 2.07. The number of ether oxygens (including phenoxy) is 1. The summed E-state index contributed by atoms with van der Waals surface area (Å²) in [7, 11) is 0. The summed E-state index contributed by atoms with van der Waals surface area (Å²) in [6.45, 7) is 2.10. The highest BCUT2D eigenvalue weighted by Crippen LogP contribution is 2.31. The number of esters is 1. The van der Waals surface area contributed by atoms with Crippen LogP contribution in [-0.2, 0) is 9.53 Å². The Morgan fingerprint density at radius 1 is 1.67 bits per heavy atom. The van der Waals surface area contributed by atoms with Crippen molar-refractivity contribution in [3.63, 3.8) is 0 Å². The van der Waals surface area contributed by atoms with Gasteiger partial charge in [-0.3, -0.25) is 0 Å². The molecule has 1 atom stereocenters. The fourth-order valence-electron chi connectivity index (χ4n) is 1.51. The molecule has 0 amide bonds. The van der Waals surface area contributed by atoms with Crippen molar-refractivity contribution in [3.8, 4) is 0 Å². The molecule has 0 aromatic carbocycles. The van der Waals surface area contributed by atoms with Gasteiger partial charge in [-0.25, -0.2) is 14.8 Å². The molecule has 2 aliphatic rings. The maximum atomic E-state index is 11.8. The van der Waals surface area contributed by atoms with Crippen LogP contribution in [0.5, 0.6) is 0 Å².